The molecular formula is C36H32N3O10PS. The number of nitrogens with zero attached hydrogens (tertiary/aromatic N) is 3. The Kier molecular flexibility index (Phi) is 10.4. The molecule has 2 aliphatic heterocycles. The number of aliphatic imine (C=N–C) groups is 1. The maximum absolute atomic E-state index is 15.1. The Morgan fingerprint density at radius 1 is 0.882 bits per heavy atom. The second kappa shape index (κ2) is 15.1. The summed E-state index contributed by atoms with van der Waals surface area (Å²) in [6.45, 7) is 1.28. The van der Waals surface area contributed by atoms with Crippen molar-refractivity contribution in [3.05, 3.63) is 130 Å². The molecule has 2 unspecified atom stereocenters. The lowest BCUT2D eigenvalue weighted by atomic mass is 10.1. The lowest BCUT2D eigenvalue weighted by molar-refractivity contribution is -0.384. The Bertz CT molecular complexity index is 2020. The molecule has 0 spiro atoms. The molecule has 1 amide bonds. The van der Waals surface area contributed by atoms with E-state index >= 15 is 4.57 Å². The van der Waals surface area contributed by atoms with Gasteiger partial charge in [-0.05, 0) is 73.2 Å². The summed E-state index contributed by atoms with van der Waals surface area (Å²) in [7, 11) is -1.10. The van der Waals surface area contributed by atoms with Crippen molar-refractivity contribution in [3.63, 3.8) is 0 Å². The second-order valence-electron chi connectivity index (χ2n) is 11.2. The van der Waals surface area contributed by atoms with Gasteiger partial charge in [0, 0.05) is 12.1 Å². The highest BCUT2D eigenvalue weighted by Gasteiger charge is 2.56. The van der Waals surface area contributed by atoms with Gasteiger partial charge in [-0.15, -0.1) is 0 Å². The van der Waals surface area contributed by atoms with E-state index in [2.05, 4.69) is 4.99 Å². The van der Waals surface area contributed by atoms with E-state index in [-0.39, 0.29) is 41.0 Å². The minimum atomic E-state index is -4.06. The minimum Gasteiger partial charge on any atom is -0.497 e. The van der Waals surface area contributed by atoms with Gasteiger partial charge in [-0.2, -0.15) is 0 Å². The van der Waals surface area contributed by atoms with Crippen LogP contribution in [0.4, 0.5) is 5.69 Å². The molecule has 13 nitrogen and oxygen atoms in total. The number of carbonyl (C=O) groups excluding carboxylic acids is 2. The minimum absolute atomic E-state index is 0.114. The maximum Gasteiger partial charge on any atom is 0.358 e. The van der Waals surface area contributed by atoms with Gasteiger partial charge < -0.3 is 23.5 Å². The predicted octanol–water partition coefficient (Wildman–Crippen LogP) is 5.59. The van der Waals surface area contributed by atoms with Crippen molar-refractivity contribution in [1.82, 2.24) is 4.90 Å². The number of benzene rings is 4. The topological polar surface area (TPSA) is 156 Å². The third-order valence-corrected chi connectivity index (χ3v) is 11.6. The molecule has 1 fully saturated rings. The normalized spacial score (nSPS) is 17.0. The Morgan fingerprint density at radius 3 is 2.08 bits per heavy atom. The number of thioether (sulfide) groups is 1. The van der Waals surface area contributed by atoms with Gasteiger partial charge in [0.1, 0.15) is 46.6 Å². The van der Waals surface area contributed by atoms with Crippen molar-refractivity contribution in [2.45, 2.75) is 24.9 Å². The number of non-ortho nitro benzene ring substituents is 1. The molecule has 2 heterocycles. The number of amides is 1. The molecule has 2 aliphatic rings. The summed E-state index contributed by atoms with van der Waals surface area (Å²) >= 11 is 1.26. The van der Waals surface area contributed by atoms with Crippen LogP contribution in [0.25, 0.3) is 0 Å². The number of hydrogen-bond donors (Lipinski definition) is 0. The van der Waals surface area contributed by atoms with Crippen LogP contribution in [0.1, 0.15) is 12.5 Å². The van der Waals surface area contributed by atoms with Gasteiger partial charge in [-0.3, -0.25) is 29.4 Å². The van der Waals surface area contributed by atoms with Crippen molar-refractivity contribution in [1.29, 1.82) is 0 Å². The molecule has 0 bridgehead atoms. The van der Waals surface area contributed by atoms with Crippen LogP contribution < -0.4 is 24.8 Å². The van der Waals surface area contributed by atoms with Crippen molar-refractivity contribution < 1.29 is 42.5 Å². The maximum atomic E-state index is 15.1. The van der Waals surface area contributed by atoms with Gasteiger partial charge in [0.25, 0.3) is 11.6 Å². The van der Waals surface area contributed by atoms with Crippen molar-refractivity contribution in [3.8, 4) is 17.2 Å². The summed E-state index contributed by atoms with van der Waals surface area (Å²) in [5.74, 6) is -0.0731. The standard InChI is InChI=1S/C36H32N3O10PS/c1-23(49-50(44,29-13-7-11-27(19-29)45-2)30-14-8-12-28(20-30)46-3)33(36(41)48-21-24-15-17-25(18-16-24)39(42)43)38-34(40)32-35(38)51-31(37-32)22-47-26-9-5-4-6-10-26/h4-20,32,35H,21-22H2,1-3H3. The van der Waals surface area contributed by atoms with Crippen LogP contribution in [0.15, 0.2) is 120 Å². The fourth-order valence-corrected chi connectivity index (χ4v) is 8.74. The molecule has 262 valence electrons. The Morgan fingerprint density at radius 2 is 1.49 bits per heavy atom. The molecule has 0 aliphatic carbocycles. The first kappa shape index (κ1) is 35.2. The zero-order valence-electron chi connectivity index (χ0n) is 27.7. The number of nitro groups is 1. The van der Waals surface area contributed by atoms with Crippen LogP contribution in [-0.4, -0.2) is 59.0 Å². The molecule has 4 aromatic carbocycles. The number of ether oxygens (including phenoxy) is 4. The third kappa shape index (κ3) is 7.47. The number of esters is 1. The first-order chi connectivity index (χ1) is 24.6. The highest BCUT2D eigenvalue weighted by molar-refractivity contribution is 8.15. The van der Waals surface area contributed by atoms with Crippen molar-refractivity contribution >= 4 is 52.3 Å². The molecular weight excluding hydrogens is 697 g/mol. The average Bonchev–Trinajstić information content (AvgIpc) is 3.54. The summed E-state index contributed by atoms with van der Waals surface area (Å²) in [6, 6.07) is 27.0. The molecule has 1 saturated heterocycles. The Labute approximate surface area is 297 Å². The zero-order chi connectivity index (χ0) is 36.1. The average molecular weight is 730 g/mol. The molecule has 2 atom stereocenters. The first-order valence-electron chi connectivity index (χ1n) is 15.6. The van der Waals surface area contributed by atoms with E-state index in [0.29, 0.717) is 27.9 Å². The number of carbonyl (C=O) groups is 2. The molecule has 0 aromatic heterocycles. The number of fused-ring (bicyclic) bond motifs is 1. The number of methoxy groups -OCH3 is 2. The number of rotatable bonds is 14. The lowest BCUT2D eigenvalue weighted by Crippen LogP contribution is -2.61. The van der Waals surface area contributed by atoms with Crippen molar-refractivity contribution in [2.75, 3.05) is 20.8 Å². The highest BCUT2D eigenvalue weighted by atomic mass is 32.2. The molecule has 4 aromatic rings. The second-order valence-corrected chi connectivity index (χ2v) is 14.7. The molecule has 0 radical (unpaired) electrons. The number of likely N-dealkylation sites (tertiary alicyclic amines) is 1. The molecule has 0 N–H and O–H groups in total. The summed E-state index contributed by atoms with van der Waals surface area (Å²) in [4.78, 5) is 44.0. The number of nitro benzene ring substituents is 1. The summed E-state index contributed by atoms with van der Waals surface area (Å²) in [6.07, 6.45) is 0. The van der Waals surface area contributed by atoms with E-state index in [1.807, 2.05) is 18.2 Å². The fourth-order valence-electron chi connectivity index (χ4n) is 5.40. The van der Waals surface area contributed by atoms with E-state index in [1.165, 1.54) is 62.1 Å². The third-order valence-electron chi connectivity index (χ3n) is 8.00. The van der Waals surface area contributed by atoms with E-state index in [4.69, 9.17) is 23.5 Å². The van der Waals surface area contributed by atoms with E-state index in [9.17, 15) is 19.7 Å². The molecule has 0 saturated carbocycles. The monoisotopic (exact) mass is 729 g/mol. The van der Waals surface area contributed by atoms with E-state index in [1.54, 1.807) is 60.7 Å². The Balaban J connectivity index is 1.35. The van der Waals surface area contributed by atoms with E-state index in [0.717, 1.165) is 0 Å². The smallest absolute Gasteiger partial charge is 0.358 e. The van der Waals surface area contributed by atoms with Gasteiger partial charge in [-0.1, -0.05) is 42.1 Å². The highest BCUT2D eigenvalue weighted by Crippen LogP contribution is 2.50. The van der Waals surface area contributed by atoms with Crippen LogP contribution in [0.3, 0.4) is 0 Å². The lowest BCUT2D eigenvalue weighted by Gasteiger charge is -2.41. The van der Waals surface area contributed by atoms with Gasteiger partial charge in [0.2, 0.25) is 0 Å². The molecule has 15 heteroatoms. The SMILES string of the molecule is COc1cccc(P(=O)(OC(C)=C(C(=O)OCc2ccc([N+](=O)[O-])cc2)N2C(=O)C3N=C(COc4ccccc4)SC32)c2cccc(OC)c2)c1. The number of hydrogen-bond acceptors (Lipinski definition) is 12. The van der Waals surface area contributed by atoms with Gasteiger partial charge in [0.15, 0.2) is 11.7 Å². The predicted molar refractivity (Wildman–Crippen MR) is 191 cm³/mol. The van der Waals surface area contributed by atoms with Crippen LogP contribution in [0, 0.1) is 10.1 Å². The number of allylic oxidation sites excluding steroid dienone is 1. The van der Waals surface area contributed by atoms with Gasteiger partial charge >= 0.3 is 13.3 Å². The number of para-hydroxylation sites is 1. The van der Waals surface area contributed by atoms with Crippen LogP contribution in [0.2, 0.25) is 0 Å². The molecule has 51 heavy (non-hydrogen) atoms. The van der Waals surface area contributed by atoms with Crippen LogP contribution in [-0.2, 0) is 30.0 Å². The zero-order valence-corrected chi connectivity index (χ0v) is 29.4. The largest absolute Gasteiger partial charge is 0.497 e. The van der Waals surface area contributed by atoms with Gasteiger partial charge in [0.05, 0.1) is 29.8 Å². The molecule has 6 rings (SSSR count). The van der Waals surface area contributed by atoms with Crippen LogP contribution in [0.5, 0.6) is 17.2 Å². The van der Waals surface area contributed by atoms with E-state index < -0.39 is 35.6 Å². The first-order valence-corrected chi connectivity index (χ1v) is 18.1. The quantitative estimate of drug-likeness (QED) is 0.0303. The summed E-state index contributed by atoms with van der Waals surface area (Å²) in [5.41, 5.74) is 0.0856. The van der Waals surface area contributed by atoms with Crippen molar-refractivity contribution in [2.24, 2.45) is 4.99 Å². The summed E-state index contributed by atoms with van der Waals surface area (Å²) in [5, 5.41) is 11.6. The number of β-lactam (4-membered cyclic amide) rings is 1. The fraction of sp³-hybridized carbons (Fsp3) is 0.194. The Hall–Kier alpha value is -5.59. The summed E-state index contributed by atoms with van der Waals surface area (Å²) < 4.78 is 43.8. The van der Waals surface area contributed by atoms with Gasteiger partial charge in [-0.25, -0.2) is 4.79 Å². The van der Waals surface area contributed by atoms with Crippen LogP contribution >= 0.6 is 19.1 Å².